The zero-order chi connectivity index (χ0) is 44.9. The number of carbonyl (C=O) groups excluding carboxylic acids is 2. The Kier molecular flexibility index (Phi) is 49.5. The monoisotopic (exact) mass is 861 g/mol. The maximum Gasteiger partial charge on any atom is 0.306 e. The van der Waals surface area contributed by atoms with E-state index in [1.165, 1.54) is 96.3 Å². The molecule has 0 heterocycles. The van der Waals surface area contributed by atoms with Gasteiger partial charge in [0.1, 0.15) is 6.61 Å². The lowest BCUT2D eigenvalue weighted by Crippen LogP contribution is -2.30. The molecule has 0 fully saturated rings. The van der Waals surface area contributed by atoms with Crippen molar-refractivity contribution >= 4 is 11.9 Å². The summed E-state index contributed by atoms with van der Waals surface area (Å²) >= 11 is 0. The fourth-order valence-electron chi connectivity index (χ4n) is 6.75. The number of ether oxygens (including phenoxy) is 3. The number of unbranched alkanes of at least 4 members (excludes halogenated alkanes) is 19. The molecule has 0 N–H and O–H groups in total. The van der Waals surface area contributed by atoms with Gasteiger partial charge in [-0.3, -0.25) is 9.59 Å². The topological polar surface area (TPSA) is 61.8 Å². The van der Waals surface area contributed by atoms with Crippen molar-refractivity contribution in [3.8, 4) is 0 Å². The molecule has 0 aromatic carbocycles. The van der Waals surface area contributed by atoms with Crippen LogP contribution >= 0.6 is 0 Å². The predicted molar refractivity (Wildman–Crippen MR) is 270 cm³/mol. The molecule has 0 aliphatic carbocycles. The molecule has 0 bridgehead atoms. The molecule has 0 aromatic rings. The van der Waals surface area contributed by atoms with E-state index in [1.54, 1.807) is 0 Å². The summed E-state index contributed by atoms with van der Waals surface area (Å²) in [4.78, 5) is 25.4. The van der Waals surface area contributed by atoms with E-state index in [0.29, 0.717) is 19.4 Å². The lowest BCUT2D eigenvalue weighted by atomic mass is 10.1. The lowest BCUT2D eigenvalue weighted by Gasteiger charge is -2.18. The van der Waals surface area contributed by atoms with Gasteiger partial charge in [-0.25, -0.2) is 0 Å². The van der Waals surface area contributed by atoms with Crippen LogP contribution in [-0.4, -0.2) is 37.9 Å². The van der Waals surface area contributed by atoms with Crippen LogP contribution in [0.1, 0.15) is 226 Å². The van der Waals surface area contributed by atoms with Gasteiger partial charge in [0.15, 0.2) is 6.10 Å². The summed E-state index contributed by atoms with van der Waals surface area (Å²) in [6, 6.07) is 0. The number of rotatable bonds is 46. The highest BCUT2D eigenvalue weighted by Gasteiger charge is 2.17. The van der Waals surface area contributed by atoms with Gasteiger partial charge in [-0.05, 0) is 109 Å². The highest BCUT2D eigenvalue weighted by molar-refractivity contribution is 5.70. The molecule has 0 aliphatic rings. The Balaban J connectivity index is 4.39. The molecule has 1 unspecified atom stereocenters. The summed E-state index contributed by atoms with van der Waals surface area (Å²) in [6.07, 6.45) is 69.9. The minimum absolute atomic E-state index is 0.0432. The SMILES string of the molecule is CC/C=C\C/C=C\C/C=C\C/C=C\C/C=C\CCCC(=O)OCC(COCCCCCCCC/C=C\CCCCCCCC)OC(=O)CCCCCCC/C=C\C/C=C\CCC. The molecule has 0 amide bonds. The highest BCUT2D eigenvalue weighted by Crippen LogP contribution is 2.13. The van der Waals surface area contributed by atoms with Crippen LogP contribution in [0.25, 0.3) is 0 Å². The number of hydrogen-bond donors (Lipinski definition) is 0. The average Bonchev–Trinajstić information content (AvgIpc) is 3.27. The van der Waals surface area contributed by atoms with Crippen LogP contribution < -0.4 is 0 Å². The maximum atomic E-state index is 12.8. The minimum Gasteiger partial charge on any atom is -0.462 e. The Morgan fingerprint density at radius 1 is 0.371 bits per heavy atom. The largest absolute Gasteiger partial charge is 0.462 e. The Morgan fingerprint density at radius 3 is 1.29 bits per heavy atom. The molecule has 0 aliphatic heterocycles. The fraction of sp³-hybridized carbons (Fsp3) is 0.684. The van der Waals surface area contributed by atoms with Gasteiger partial charge in [-0.15, -0.1) is 0 Å². The molecule has 0 saturated carbocycles. The summed E-state index contributed by atoms with van der Waals surface area (Å²) in [5, 5.41) is 0. The van der Waals surface area contributed by atoms with Gasteiger partial charge in [0, 0.05) is 19.4 Å². The van der Waals surface area contributed by atoms with Gasteiger partial charge in [0.05, 0.1) is 6.61 Å². The van der Waals surface area contributed by atoms with E-state index >= 15 is 0 Å². The molecule has 0 aromatic heterocycles. The third-order valence-corrected chi connectivity index (χ3v) is 10.6. The normalized spacial score (nSPS) is 13.0. The second-order valence-electron chi connectivity index (χ2n) is 16.7. The molecular formula is C57H96O5. The minimum atomic E-state index is -0.574. The van der Waals surface area contributed by atoms with E-state index < -0.39 is 6.10 Å². The molecular weight excluding hydrogens is 765 g/mol. The van der Waals surface area contributed by atoms with Gasteiger partial charge in [-0.2, -0.15) is 0 Å². The van der Waals surface area contributed by atoms with Crippen molar-refractivity contribution in [3.63, 3.8) is 0 Å². The second-order valence-corrected chi connectivity index (χ2v) is 16.7. The van der Waals surface area contributed by atoms with E-state index in [4.69, 9.17) is 14.2 Å². The van der Waals surface area contributed by atoms with Crippen LogP contribution in [0.15, 0.2) is 97.2 Å². The van der Waals surface area contributed by atoms with Gasteiger partial charge >= 0.3 is 11.9 Å². The summed E-state index contributed by atoms with van der Waals surface area (Å²) < 4.78 is 17.3. The molecule has 5 nitrogen and oxygen atoms in total. The van der Waals surface area contributed by atoms with Crippen molar-refractivity contribution in [2.75, 3.05) is 19.8 Å². The number of carbonyl (C=O) groups is 2. The number of allylic oxidation sites excluding steroid dienone is 16. The van der Waals surface area contributed by atoms with Crippen LogP contribution in [0.3, 0.4) is 0 Å². The molecule has 0 spiro atoms. The third-order valence-electron chi connectivity index (χ3n) is 10.6. The zero-order valence-corrected chi connectivity index (χ0v) is 40.6. The van der Waals surface area contributed by atoms with Crippen molar-refractivity contribution in [1.82, 2.24) is 0 Å². The van der Waals surface area contributed by atoms with Crippen LogP contribution in [0.5, 0.6) is 0 Å². The smallest absolute Gasteiger partial charge is 0.306 e. The standard InChI is InChI=1S/C57H96O5/c1-4-7-10-13-16-19-22-25-27-29-30-33-35-38-41-44-47-50-56(58)61-54-55(62-57(59)51-48-45-42-39-36-32-24-21-18-15-12-9-6-3)53-60-52-49-46-43-40-37-34-31-28-26-23-20-17-14-11-8-5-2/h7,10,12,15-16,19,21,24-28,30,33,38,41,55H,4-6,8-9,11,13-14,17-18,20,22-23,29,31-32,34-37,39-40,42-54H2,1-3H3/b10-7-,15-12-,19-16-,24-21-,27-25-,28-26-,33-30-,41-38-. The molecule has 354 valence electrons. The Morgan fingerprint density at radius 2 is 0.774 bits per heavy atom. The first-order valence-electron chi connectivity index (χ1n) is 25.8. The van der Waals surface area contributed by atoms with Gasteiger partial charge < -0.3 is 14.2 Å². The lowest BCUT2D eigenvalue weighted by molar-refractivity contribution is -0.163. The number of esters is 2. The van der Waals surface area contributed by atoms with Crippen molar-refractivity contribution in [3.05, 3.63) is 97.2 Å². The summed E-state index contributed by atoms with van der Waals surface area (Å²) in [7, 11) is 0. The molecule has 1 atom stereocenters. The van der Waals surface area contributed by atoms with Gasteiger partial charge in [0.25, 0.3) is 0 Å². The first-order valence-corrected chi connectivity index (χ1v) is 25.8. The van der Waals surface area contributed by atoms with Crippen molar-refractivity contribution in [1.29, 1.82) is 0 Å². The first-order chi connectivity index (χ1) is 30.6. The van der Waals surface area contributed by atoms with Gasteiger partial charge in [-0.1, -0.05) is 201 Å². The van der Waals surface area contributed by atoms with E-state index in [-0.39, 0.29) is 25.2 Å². The van der Waals surface area contributed by atoms with E-state index in [2.05, 4.69) is 118 Å². The van der Waals surface area contributed by atoms with Crippen molar-refractivity contribution < 1.29 is 23.8 Å². The summed E-state index contributed by atoms with van der Waals surface area (Å²) in [5.41, 5.74) is 0. The van der Waals surface area contributed by atoms with E-state index in [9.17, 15) is 9.59 Å². The fourth-order valence-corrected chi connectivity index (χ4v) is 6.75. The Hall–Kier alpha value is -3.18. The molecule has 0 rings (SSSR count). The van der Waals surface area contributed by atoms with E-state index in [1.807, 2.05) is 0 Å². The quantitative estimate of drug-likeness (QED) is 0.0347. The predicted octanol–water partition coefficient (Wildman–Crippen LogP) is 17.5. The molecule has 62 heavy (non-hydrogen) atoms. The Labute approximate surface area is 383 Å². The summed E-state index contributed by atoms with van der Waals surface area (Å²) in [5.74, 6) is -0.487. The van der Waals surface area contributed by atoms with E-state index in [0.717, 1.165) is 96.3 Å². The Bertz CT molecular complexity index is 1200. The average molecular weight is 861 g/mol. The summed E-state index contributed by atoms with van der Waals surface area (Å²) in [6.45, 7) is 7.55. The van der Waals surface area contributed by atoms with Crippen molar-refractivity contribution in [2.45, 2.75) is 232 Å². The highest BCUT2D eigenvalue weighted by atomic mass is 16.6. The maximum absolute atomic E-state index is 12.8. The molecule has 5 heteroatoms. The molecule has 0 radical (unpaired) electrons. The second kappa shape index (κ2) is 52.2. The van der Waals surface area contributed by atoms with Crippen LogP contribution in [0.4, 0.5) is 0 Å². The van der Waals surface area contributed by atoms with Gasteiger partial charge in [0.2, 0.25) is 0 Å². The van der Waals surface area contributed by atoms with Crippen LogP contribution in [0.2, 0.25) is 0 Å². The van der Waals surface area contributed by atoms with Crippen LogP contribution in [0, 0.1) is 0 Å². The van der Waals surface area contributed by atoms with Crippen LogP contribution in [-0.2, 0) is 23.8 Å². The third kappa shape index (κ3) is 49.5. The zero-order valence-electron chi connectivity index (χ0n) is 40.6. The first kappa shape index (κ1) is 58.8. The number of hydrogen-bond acceptors (Lipinski definition) is 5. The molecule has 0 saturated heterocycles. The van der Waals surface area contributed by atoms with Crippen molar-refractivity contribution in [2.24, 2.45) is 0 Å².